The highest BCUT2D eigenvalue weighted by molar-refractivity contribution is 5.90. The summed E-state index contributed by atoms with van der Waals surface area (Å²) in [6.07, 6.45) is 3.50. The first kappa shape index (κ1) is 11.2. The maximum absolute atomic E-state index is 11.0. The Kier molecular flexibility index (Phi) is 4.14. The molecule has 2 atom stereocenters. The summed E-state index contributed by atoms with van der Waals surface area (Å²) in [5.41, 5.74) is 0.425. The fraction of sp³-hybridized carbons (Fsp3) is 0.727. The third-order valence-electron chi connectivity index (χ3n) is 2.67. The zero-order valence-electron chi connectivity index (χ0n) is 8.66. The number of carbonyl (C=O) groups excluding carboxylic acids is 1. The Labute approximate surface area is 84.8 Å². The lowest BCUT2D eigenvalue weighted by Crippen LogP contribution is -2.21. The van der Waals surface area contributed by atoms with E-state index in [0.29, 0.717) is 12.2 Å². The van der Waals surface area contributed by atoms with E-state index < -0.39 is 6.10 Å². The van der Waals surface area contributed by atoms with Crippen molar-refractivity contribution in [3.63, 3.8) is 0 Å². The van der Waals surface area contributed by atoms with Gasteiger partial charge >= 0.3 is 5.97 Å². The summed E-state index contributed by atoms with van der Waals surface area (Å²) in [7, 11) is 0. The van der Waals surface area contributed by atoms with Gasteiger partial charge in [0.2, 0.25) is 0 Å². The summed E-state index contributed by atoms with van der Waals surface area (Å²) in [6.45, 7) is 6.05. The summed E-state index contributed by atoms with van der Waals surface area (Å²) in [6, 6.07) is 0. The monoisotopic (exact) mass is 198 g/mol. The molecule has 3 heteroatoms. The van der Waals surface area contributed by atoms with Gasteiger partial charge < -0.3 is 9.84 Å². The highest BCUT2D eigenvalue weighted by Crippen LogP contribution is 2.25. The van der Waals surface area contributed by atoms with Gasteiger partial charge in [-0.1, -0.05) is 32.8 Å². The molecule has 1 rings (SSSR count). The largest absolute Gasteiger partial charge is 0.462 e. The van der Waals surface area contributed by atoms with Crippen LogP contribution >= 0.6 is 0 Å². The Bertz CT molecular complexity index is 223. The van der Waals surface area contributed by atoms with E-state index >= 15 is 0 Å². The number of aliphatic hydroxyl groups is 1. The van der Waals surface area contributed by atoms with Gasteiger partial charge in [0, 0.05) is 5.57 Å². The highest BCUT2D eigenvalue weighted by atomic mass is 16.5. The number of hydrogen-bond acceptors (Lipinski definition) is 3. The van der Waals surface area contributed by atoms with E-state index in [1.54, 1.807) is 0 Å². The van der Waals surface area contributed by atoms with Gasteiger partial charge in [-0.2, -0.15) is 0 Å². The summed E-state index contributed by atoms with van der Waals surface area (Å²) in [4.78, 5) is 11.0. The second kappa shape index (κ2) is 5.15. The Morgan fingerprint density at radius 1 is 1.64 bits per heavy atom. The predicted molar refractivity (Wildman–Crippen MR) is 53.7 cm³/mol. The van der Waals surface area contributed by atoms with Crippen LogP contribution in [-0.4, -0.2) is 23.8 Å². The SMILES string of the molecule is C=C1C(=O)OC[C@@H]1[C@H](O)CCCCC. The zero-order chi connectivity index (χ0) is 10.6. The normalized spacial score (nSPS) is 23.7. The van der Waals surface area contributed by atoms with Crippen molar-refractivity contribution in [3.8, 4) is 0 Å². The van der Waals surface area contributed by atoms with Crippen molar-refractivity contribution in [2.24, 2.45) is 5.92 Å². The maximum Gasteiger partial charge on any atom is 0.333 e. The molecule has 1 saturated heterocycles. The van der Waals surface area contributed by atoms with Crippen molar-refractivity contribution in [2.45, 2.75) is 38.7 Å². The van der Waals surface area contributed by atoms with E-state index in [-0.39, 0.29) is 11.9 Å². The lowest BCUT2D eigenvalue weighted by molar-refractivity contribution is -0.135. The van der Waals surface area contributed by atoms with E-state index in [4.69, 9.17) is 4.74 Å². The highest BCUT2D eigenvalue weighted by Gasteiger charge is 2.33. The van der Waals surface area contributed by atoms with Crippen LogP contribution in [0.4, 0.5) is 0 Å². The van der Waals surface area contributed by atoms with Crippen LogP contribution in [0.3, 0.4) is 0 Å². The topological polar surface area (TPSA) is 46.5 Å². The average molecular weight is 198 g/mol. The number of aliphatic hydroxyl groups excluding tert-OH is 1. The molecule has 0 aromatic heterocycles. The van der Waals surface area contributed by atoms with E-state index in [9.17, 15) is 9.90 Å². The number of carbonyl (C=O) groups is 1. The minimum Gasteiger partial charge on any atom is -0.462 e. The first-order chi connectivity index (χ1) is 6.66. The van der Waals surface area contributed by atoms with Crippen molar-refractivity contribution in [2.75, 3.05) is 6.61 Å². The van der Waals surface area contributed by atoms with Crippen molar-refractivity contribution in [1.29, 1.82) is 0 Å². The standard InChI is InChI=1S/C11H18O3/c1-3-4-5-6-10(12)9-7-14-11(13)8(9)2/h9-10,12H,2-7H2,1H3/t9-,10+/m0/s1. The molecule has 14 heavy (non-hydrogen) atoms. The minimum absolute atomic E-state index is 0.181. The lowest BCUT2D eigenvalue weighted by atomic mass is 9.93. The van der Waals surface area contributed by atoms with Gasteiger partial charge in [0.05, 0.1) is 12.0 Å². The molecule has 1 heterocycles. The second-order valence-corrected chi connectivity index (χ2v) is 3.79. The van der Waals surface area contributed by atoms with Crippen molar-refractivity contribution >= 4 is 5.97 Å². The lowest BCUT2D eigenvalue weighted by Gasteiger charge is -2.15. The third kappa shape index (κ3) is 2.58. The summed E-state index contributed by atoms with van der Waals surface area (Å²) < 4.78 is 4.81. The molecule has 0 saturated carbocycles. The molecule has 1 aliphatic heterocycles. The minimum atomic E-state index is -0.472. The molecule has 0 bridgehead atoms. The van der Waals surface area contributed by atoms with E-state index in [1.165, 1.54) is 0 Å². The van der Waals surface area contributed by atoms with Crippen LogP contribution < -0.4 is 0 Å². The number of rotatable bonds is 5. The summed E-state index contributed by atoms with van der Waals surface area (Å²) in [5.74, 6) is -0.538. The number of esters is 1. The molecule has 0 aromatic carbocycles. The Morgan fingerprint density at radius 3 is 2.86 bits per heavy atom. The quantitative estimate of drug-likeness (QED) is 0.415. The predicted octanol–water partition coefficient (Wildman–Crippen LogP) is 1.66. The molecule has 0 aliphatic carbocycles. The van der Waals surface area contributed by atoms with E-state index in [2.05, 4.69) is 13.5 Å². The van der Waals surface area contributed by atoms with Crippen molar-refractivity contribution in [1.82, 2.24) is 0 Å². The molecule has 1 fully saturated rings. The molecule has 0 aromatic rings. The molecule has 3 nitrogen and oxygen atoms in total. The number of hydrogen-bond donors (Lipinski definition) is 1. The molecule has 0 radical (unpaired) electrons. The van der Waals surface area contributed by atoms with E-state index in [1.807, 2.05) is 0 Å². The first-order valence-electron chi connectivity index (χ1n) is 5.20. The van der Waals surface area contributed by atoms with E-state index in [0.717, 1.165) is 25.7 Å². The van der Waals surface area contributed by atoms with Gasteiger partial charge in [-0.15, -0.1) is 0 Å². The molecule has 80 valence electrons. The summed E-state index contributed by atoms with van der Waals surface area (Å²) >= 11 is 0. The maximum atomic E-state index is 11.0. The van der Waals surface area contributed by atoms with Crippen LogP contribution in [0.1, 0.15) is 32.6 Å². The molecule has 1 aliphatic rings. The van der Waals surface area contributed by atoms with Gasteiger partial charge in [-0.3, -0.25) is 0 Å². The van der Waals surface area contributed by atoms with Crippen molar-refractivity contribution < 1.29 is 14.6 Å². The van der Waals surface area contributed by atoms with Crippen LogP contribution in [0.15, 0.2) is 12.2 Å². The first-order valence-corrected chi connectivity index (χ1v) is 5.20. The van der Waals surface area contributed by atoms with Gasteiger partial charge in [-0.05, 0) is 6.42 Å². The van der Waals surface area contributed by atoms with Crippen LogP contribution in [0.5, 0.6) is 0 Å². The molecule has 0 spiro atoms. The van der Waals surface area contributed by atoms with Crippen LogP contribution in [0.25, 0.3) is 0 Å². The second-order valence-electron chi connectivity index (χ2n) is 3.79. The smallest absolute Gasteiger partial charge is 0.333 e. The molecule has 0 unspecified atom stereocenters. The van der Waals surface area contributed by atoms with Crippen molar-refractivity contribution in [3.05, 3.63) is 12.2 Å². The number of unbranched alkanes of at least 4 members (excludes halogenated alkanes) is 2. The van der Waals surface area contributed by atoms with Crippen LogP contribution in [0.2, 0.25) is 0 Å². The fourth-order valence-electron chi connectivity index (χ4n) is 1.66. The Balaban J connectivity index is 2.34. The zero-order valence-corrected chi connectivity index (χ0v) is 8.66. The van der Waals surface area contributed by atoms with Gasteiger partial charge in [0.15, 0.2) is 0 Å². The van der Waals surface area contributed by atoms with Crippen LogP contribution in [-0.2, 0) is 9.53 Å². The third-order valence-corrected chi connectivity index (χ3v) is 2.67. The number of ether oxygens (including phenoxy) is 1. The Hall–Kier alpha value is -0.830. The molecular formula is C11H18O3. The molecule has 1 N–H and O–H groups in total. The van der Waals surface area contributed by atoms with Crippen LogP contribution in [0, 0.1) is 5.92 Å². The van der Waals surface area contributed by atoms with Gasteiger partial charge in [0.1, 0.15) is 6.61 Å². The molecular weight excluding hydrogens is 180 g/mol. The average Bonchev–Trinajstić information content (AvgIpc) is 2.48. The molecule has 0 amide bonds. The fourth-order valence-corrected chi connectivity index (χ4v) is 1.66. The summed E-state index contributed by atoms with van der Waals surface area (Å²) in [5, 5.41) is 9.77. The Morgan fingerprint density at radius 2 is 2.36 bits per heavy atom. The van der Waals surface area contributed by atoms with Gasteiger partial charge in [0.25, 0.3) is 0 Å². The number of cyclic esters (lactones) is 1. The van der Waals surface area contributed by atoms with Gasteiger partial charge in [-0.25, -0.2) is 4.79 Å².